The van der Waals surface area contributed by atoms with E-state index in [1.54, 1.807) is 30.4 Å². The first kappa shape index (κ1) is 13.5. The molecule has 0 fully saturated rings. The van der Waals surface area contributed by atoms with E-state index in [1.807, 2.05) is 29.6 Å². The first-order valence-electron chi connectivity index (χ1n) is 6.44. The van der Waals surface area contributed by atoms with Crippen molar-refractivity contribution in [2.45, 2.75) is 13.5 Å². The Morgan fingerprint density at radius 1 is 1.33 bits per heavy atom. The lowest BCUT2D eigenvalue weighted by molar-refractivity contribution is 0.101. The topological polar surface area (TPSA) is 68.0 Å². The lowest BCUT2D eigenvalue weighted by Crippen LogP contribution is -2.01. The van der Waals surface area contributed by atoms with E-state index in [1.165, 1.54) is 0 Å². The van der Waals surface area contributed by atoms with Gasteiger partial charge in [0.1, 0.15) is 0 Å². The summed E-state index contributed by atoms with van der Waals surface area (Å²) in [4.78, 5) is 16.6. The zero-order valence-electron chi connectivity index (χ0n) is 11.4. The van der Waals surface area contributed by atoms with Crippen LogP contribution in [-0.2, 0) is 6.54 Å². The van der Waals surface area contributed by atoms with Crippen LogP contribution in [-0.4, -0.2) is 15.9 Å². The zero-order chi connectivity index (χ0) is 14.7. The van der Waals surface area contributed by atoms with Crippen LogP contribution in [0.2, 0.25) is 0 Å². The van der Waals surface area contributed by atoms with Crippen LogP contribution in [0.3, 0.4) is 0 Å². The summed E-state index contributed by atoms with van der Waals surface area (Å²) in [6.07, 6.45) is 0. The molecule has 21 heavy (non-hydrogen) atoms. The number of hydrogen-bond donors (Lipinski definition) is 1. The number of carbonyl (C=O) groups excluding carboxylic acids is 1. The molecule has 0 unspecified atom stereocenters. The zero-order valence-corrected chi connectivity index (χ0v) is 12.2. The summed E-state index contributed by atoms with van der Waals surface area (Å²) >= 11 is 1.57. The molecule has 0 atom stereocenters. The average Bonchev–Trinajstić information content (AvgIpc) is 3.16. The standard InChI is InChI=1S/C15H13N3O2S/c1-10(19)11-4-2-5-12(8-11)16-9-14-17-15(18-20-14)13-6-3-7-21-13/h2-8,16H,9H2,1H3. The summed E-state index contributed by atoms with van der Waals surface area (Å²) in [6.45, 7) is 1.96. The van der Waals surface area contributed by atoms with Gasteiger partial charge < -0.3 is 9.84 Å². The van der Waals surface area contributed by atoms with E-state index in [0.29, 0.717) is 23.8 Å². The number of aromatic nitrogens is 2. The van der Waals surface area contributed by atoms with Crippen molar-refractivity contribution in [3.8, 4) is 10.7 Å². The summed E-state index contributed by atoms with van der Waals surface area (Å²) in [5.41, 5.74) is 1.52. The predicted octanol–water partition coefficient (Wildman–Crippen LogP) is 3.61. The number of anilines is 1. The van der Waals surface area contributed by atoms with E-state index in [4.69, 9.17) is 4.52 Å². The van der Waals surface area contributed by atoms with Crippen molar-refractivity contribution in [3.05, 3.63) is 53.2 Å². The number of hydrogen-bond acceptors (Lipinski definition) is 6. The number of ketones is 1. The van der Waals surface area contributed by atoms with Gasteiger partial charge in [-0.2, -0.15) is 4.98 Å². The first-order chi connectivity index (χ1) is 10.2. The van der Waals surface area contributed by atoms with Gasteiger partial charge in [-0.15, -0.1) is 11.3 Å². The highest BCUT2D eigenvalue weighted by Gasteiger charge is 2.09. The molecule has 0 aliphatic carbocycles. The molecule has 0 saturated heterocycles. The van der Waals surface area contributed by atoms with Crippen LogP contribution in [0.4, 0.5) is 5.69 Å². The molecule has 1 N–H and O–H groups in total. The molecular formula is C15H13N3O2S. The molecule has 3 rings (SSSR count). The molecule has 5 nitrogen and oxygen atoms in total. The minimum absolute atomic E-state index is 0.0384. The van der Waals surface area contributed by atoms with E-state index < -0.39 is 0 Å². The van der Waals surface area contributed by atoms with Gasteiger partial charge in [0.15, 0.2) is 5.78 Å². The Bertz CT molecular complexity index is 750. The van der Waals surface area contributed by atoms with E-state index in [-0.39, 0.29) is 5.78 Å². The second kappa shape index (κ2) is 5.88. The normalized spacial score (nSPS) is 10.5. The van der Waals surface area contributed by atoms with Gasteiger partial charge in [0.2, 0.25) is 11.7 Å². The van der Waals surface area contributed by atoms with Crippen molar-refractivity contribution in [1.82, 2.24) is 10.1 Å². The van der Waals surface area contributed by atoms with Crippen LogP contribution in [0.5, 0.6) is 0 Å². The molecule has 0 bridgehead atoms. The van der Waals surface area contributed by atoms with E-state index >= 15 is 0 Å². The molecule has 3 aromatic rings. The van der Waals surface area contributed by atoms with E-state index in [2.05, 4.69) is 15.5 Å². The second-order valence-electron chi connectivity index (χ2n) is 4.48. The number of thiophene rings is 1. The van der Waals surface area contributed by atoms with Gasteiger partial charge in [0, 0.05) is 11.3 Å². The van der Waals surface area contributed by atoms with Gasteiger partial charge in [-0.25, -0.2) is 0 Å². The van der Waals surface area contributed by atoms with Gasteiger partial charge in [-0.05, 0) is 30.5 Å². The Morgan fingerprint density at radius 2 is 2.24 bits per heavy atom. The second-order valence-corrected chi connectivity index (χ2v) is 5.43. The molecule has 0 saturated carbocycles. The minimum atomic E-state index is 0.0384. The van der Waals surface area contributed by atoms with E-state index in [0.717, 1.165) is 10.6 Å². The van der Waals surface area contributed by atoms with Crippen molar-refractivity contribution in [2.24, 2.45) is 0 Å². The number of nitrogens with one attached hydrogen (secondary N) is 1. The molecule has 0 aliphatic rings. The van der Waals surface area contributed by atoms with Crippen LogP contribution in [0.1, 0.15) is 23.2 Å². The molecule has 0 radical (unpaired) electrons. The summed E-state index contributed by atoms with van der Waals surface area (Å²) in [6, 6.07) is 11.2. The van der Waals surface area contributed by atoms with Crippen molar-refractivity contribution in [1.29, 1.82) is 0 Å². The smallest absolute Gasteiger partial charge is 0.246 e. The quantitative estimate of drug-likeness (QED) is 0.729. The van der Waals surface area contributed by atoms with Crippen LogP contribution in [0.15, 0.2) is 46.3 Å². The van der Waals surface area contributed by atoms with Gasteiger partial charge in [0.05, 0.1) is 11.4 Å². The molecule has 2 aromatic heterocycles. The number of rotatable bonds is 5. The van der Waals surface area contributed by atoms with Gasteiger partial charge >= 0.3 is 0 Å². The third-order valence-corrected chi connectivity index (χ3v) is 3.79. The highest BCUT2D eigenvalue weighted by atomic mass is 32.1. The van der Waals surface area contributed by atoms with Gasteiger partial charge in [0.25, 0.3) is 0 Å². The molecule has 0 spiro atoms. The fourth-order valence-electron chi connectivity index (χ4n) is 1.86. The first-order valence-corrected chi connectivity index (χ1v) is 7.31. The number of benzene rings is 1. The summed E-state index contributed by atoms with van der Waals surface area (Å²) in [5, 5.41) is 9.09. The molecule has 0 amide bonds. The van der Waals surface area contributed by atoms with Crippen LogP contribution < -0.4 is 5.32 Å². The lowest BCUT2D eigenvalue weighted by Gasteiger charge is -2.04. The van der Waals surface area contributed by atoms with Crippen molar-refractivity contribution in [3.63, 3.8) is 0 Å². The summed E-state index contributed by atoms with van der Waals surface area (Å²) < 4.78 is 5.20. The Morgan fingerprint density at radius 3 is 3.00 bits per heavy atom. The highest BCUT2D eigenvalue weighted by molar-refractivity contribution is 7.13. The van der Waals surface area contributed by atoms with Crippen molar-refractivity contribution in [2.75, 3.05) is 5.32 Å². The predicted molar refractivity (Wildman–Crippen MR) is 81.4 cm³/mol. The minimum Gasteiger partial charge on any atom is -0.376 e. The number of carbonyl (C=O) groups is 1. The Balaban J connectivity index is 1.68. The maximum atomic E-state index is 11.3. The van der Waals surface area contributed by atoms with Crippen molar-refractivity contribution >= 4 is 22.8 Å². The third kappa shape index (κ3) is 3.17. The maximum absolute atomic E-state index is 11.3. The largest absolute Gasteiger partial charge is 0.376 e. The Labute approximate surface area is 125 Å². The van der Waals surface area contributed by atoms with Gasteiger partial charge in [-0.3, -0.25) is 4.79 Å². The SMILES string of the molecule is CC(=O)c1cccc(NCc2nc(-c3cccs3)no2)c1. The fraction of sp³-hybridized carbons (Fsp3) is 0.133. The summed E-state index contributed by atoms with van der Waals surface area (Å²) in [5.74, 6) is 1.14. The van der Waals surface area contributed by atoms with E-state index in [9.17, 15) is 4.79 Å². The summed E-state index contributed by atoms with van der Waals surface area (Å²) in [7, 11) is 0. The Kier molecular flexibility index (Phi) is 3.79. The number of nitrogens with zero attached hydrogens (tertiary/aromatic N) is 2. The molecule has 2 heterocycles. The van der Waals surface area contributed by atoms with Crippen molar-refractivity contribution < 1.29 is 9.32 Å². The molecular weight excluding hydrogens is 286 g/mol. The lowest BCUT2D eigenvalue weighted by atomic mass is 10.1. The molecule has 0 aliphatic heterocycles. The molecule has 106 valence electrons. The fourth-order valence-corrected chi connectivity index (χ4v) is 2.51. The molecule has 6 heteroatoms. The maximum Gasteiger partial charge on any atom is 0.246 e. The Hall–Kier alpha value is -2.47. The van der Waals surface area contributed by atoms with Crippen LogP contribution >= 0.6 is 11.3 Å². The van der Waals surface area contributed by atoms with Crippen LogP contribution in [0.25, 0.3) is 10.7 Å². The monoisotopic (exact) mass is 299 g/mol. The third-order valence-electron chi connectivity index (χ3n) is 2.92. The van der Waals surface area contributed by atoms with Crippen LogP contribution in [0, 0.1) is 0 Å². The van der Waals surface area contributed by atoms with Gasteiger partial charge in [-0.1, -0.05) is 23.4 Å². The number of Topliss-reactive ketones (excluding diaryl/α,β-unsaturated/α-hetero) is 1. The molecule has 1 aromatic carbocycles. The average molecular weight is 299 g/mol. The highest BCUT2D eigenvalue weighted by Crippen LogP contribution is 2.21.